The van der Waals surface area contributed by atoms with Crippen LogP contribution < -0.4 is 11.1 Å². The summed E-state index contributed by atoms with van der Waals surface area (Å²) in [5.41, 5.74) is 6.72. The molecule has 5 nitrogen and oxygen atoms in total. The van der Waals surface area contributed by atoms with Crippen molar-refractivity contribution in [2.45, 2.75) is 13.1 Å². The van der Waals surface area contributed by atoms with Crippen molar-refractivity contribution in [2.24, 2.45) is 5.73 Å². The van der Waals surface area contributed by atoms with E-state index in [4.69, 9.17) is 10.2 Å². The van der Waals surface area contributed by atoms with E-state index in [1.54, 1.807) is 18.3 Å². The highest BCUT2D eigenvalue weighted by Gasteiger charge is 2.01. The summed E-state index contributed by atoms with van der Waals surface area (Å²) >= 11 is 0. The fraction of sp³-hybridized carbons (Fsp3) is 0.167. The van der Waals surface area contributed by atoms with Gasteiger partial charge >= 0.3 is 0 Å². The highest BCUT2D eigenvalue weighted by atomic mass is 16.3. The summed E-state index contributed by atoms with van der Waals surface area (Å²) in [6, 6.07) is 7.21. The van der Waals surface area contributed by atoms with Gasteiger partial charge in [0.2, 0.25) is 5.91 Å². The van der Waals surface area contributed by atoms with Crippen molar-refractivity contribution < 1.29 is 9.21 Å². The lowest BCUT2D eigenvalue weighted by Crippen LogP contribution is -2.14. The van der Waals surface area contributed by atoms with Crippen LogP contribution in [0, 0.1) is 0 Å². The molecule has 1 aromatic carbocycles. The summed E-state index contributed by atoms with van der Waals surface area (Å²) < 4.78 is 5.09. The molecule has 0 aliphatic rings. The lowest BCUT2D eigenvalue weighted by Gasteiger charge is -2.04. The Morgan fingerprint density at radius 1 is 1.41 bits per heavy atom. The maximum atomic E-state index is 11.0. The minimum absolute atomic E-state index is 0.415. The van der Waals surface area contributed by atoms with Gasteiger partial charge in [0.15, 0.2) is 6.39 Å². The van der Waals surface area contributed by atoms with E-state index in [0.717, 1.165) is 11.3 Å². The molecule has 0 spiro atoms. The summed E-state index contributed by atoms with van der Waals surface area (Å²) in [5.74, 6) is 0.359. The third-order valence-corrected chi connectivity index (χ3v) is 2.32. The number of nitrogens with one attached hydrogen (secondary N) is 1. The Morgan fingerprint density at radius 3 is 3.00 bits per heavy atom. The highest BCUT2D eigenvalue weighted by molar-refractivity contribution is 5.92. The number of nitrogens with zero attached hydrogens (tertiary/aromatic N) is 1. The smallest absolute Gasteiger partial charge is 0.248 e. The molecule has 1 heterocycles. The quantitative estimate of drug-likeness (QED) is 0.806. The highest BCUT2D eigenvalue weighted by Crippen LogP contribution is 2.05. The molecule has 0 atom stereocenters. The molecule has 1 amide bonds. The Bertz CT molecular complexity index is 494. The van der Waals surface area contributed by atoms with Crippen molar-refractivity contribution in [3.63, 3.8) is 0 Å². The number of oxazole rings is 1. The number of hydrogen-bond acceptors (Lipinski definition) is 4. The number of carbonyl (C=O) groups is 1. The second kappa shape index (κ2) is 5.27. The fourth-order valence-corrected chi connectivity index (χ4v) is 1.49. The maximum absolute atomic E-state index is 11.0. The zero-order valence-electron chi connectivity index (χ0n) is 9.22. The van der Waals surface area contributed by atoms with Crippen molar-refractivity contribution in [3.8, 4) is 0 Å². The zero-order valence-corrected chi connectivity index (χ0v) is 9.22. The lowest BCUT2D eigenvalue weighted by molar-refractivity contribution is 0.1000. The SMILES string of the molecule is NC(=O)c1cccc(CNCc2cnco2)c1. The lowest BCUT2D eigenvalue weighted by atomic mass is 10.1. The minimum Gasteiger partial charge on any atom is -0.447 e. The molecule has 1 aromatic heterocycles. The van der Waals surface area contributed by atoms with Gasteiger partial charge in [-0.3, -0.25) is 4.79 Å². The average Bonchev–Trinajstić information content (AvgIpc) is 2.82. The normalized spacial score (nSPS) is 10.4. The van der Waals surface area contributed by atoms with Crippen molar-refractivity contribution in [1.82, 2.24) is 10.3 Å². The monoisotopic (exact) mass is 231 g/mol. The second-order valence-corrected chi connectivity index (χ2v) is 3.64. The van der Waals surface area contributed by atoms with Gasteiger partial charge in [0, 0.05) is 12.1 Å². The molecule has 0 aliphatic carbocycles. The van der Waals surface area contributed by atoms with E-state index in [-0.39, 0.29) is 0 Å². The second-order valence-electron chi connectivity index (χ2n) is 3.64. The molecular weight excluding hydrogens is 218 g/mol. The van der Waals surface area contributed by atoms with Gasteiger partial charge in [-0.1, -0.05) is 12.1 Å². The van der Waals surface area contributed by atoms with E-state index in [9.17, 15) is 4.79 Å². The summed E-state index contributed by atoms with van der Waals surface area (Å²) in [5, 5.41) is 3.18. The number of rotatable bonds is 5. The molecule has 5 heteroatoms. The van der Waals surface area contributed by atoms with Crippen molar-refractivity contribution >= 4 is 5.91 Å². The van der Waals surface area contributed by atoms with Crippen LogP contribution in [0.5, 0.6) is 0 Å². The molecule has 88 valence electrons. The first kappa shape index (κ1) is 11.3. The average molecular weight is 231 g/mol. The van der Waals surface area contributed by atoms with Gasteiger partial charge < -0.3 is 15.5 Å². The van der Waals surface area contributed by atoms with Crippen molar-refractivity contribution in [2.75, 3.05) is 0 Å². The van der Waals surface area contributed by atoms with Crippen molar-refractivity contribution in [3.05, 3.63) is 53.7 Å². The summed E-state index contributed by atoms with van der Waals surface area (Å²) in [7, 11) is 0. The van der Waals surface area contributed by atoms with Gasteiger partial charge in [-0.15, -0.1) is 0 Å². The van der Waals surface area contributed by atoms with Crippen LogP contribution in [0.3, 0.4) is 0 Å². The number of amides is 1. The van der Waals surface area contributed by atoms with Gasteiger partial charge in [-0.2, -0.15) is 0 Å². The van der Waals surface area contributed by atoms with Gasteiger partial charge in [-0.05, 0) is 17.7 Å². The van der Waals surface area contributed by atoms with Crippen LogP contribution in [0.2, 0.25) is 0 Å². The standard InChI is InChI=1S/C12H13N3O2/c13-12(16)10-3-1-2-9(4-10)5-14-6-11-7-15-8-17-11/h1-4,7-8,14H,5-6H2,(H2,13,16). The van der Waals surface area contributed by atoms with Crippen LogP contribution in [0.4, 0.5) is 0 Å². The van der Waals surface area contributed by atoms with E-state index in [2.05, 4.69) is 10.3 Å². The van der Waals surface area contributed by atoms with Crippen LogP contribution in [-0.2, 0) is 13.1 Å². The van der Waals surface area contributed by atoms with Crippen molar-refractivity contribution in [1.29, 1.82) is 0 Å². The van der Waals surface area contributed by atoms with E-state index in [0.29, 0.717) is 18.7 Å². The molecule has 0 unspecified atom stereocenters. The van der Waals surface area contributed by atoms with Gasteiger partial charge in [0.25, 0.3) is 0 Å². The first-order chi connectivity index (χ1) is 8.25. The molecule has 0 radical (unpaired) electrons. The molecule has 0 fully saturated rings. The van der Waals surface area contributed by atoms with Crippen LogP contribution in [-0.4, -0.2) is 10.9 Å². The van der Waals surface area contributed by atoms with Crippen LogP contribution in [0.1, 0.15) is 21.7 Å². The van der Waals surface area contributed by atoms with Gasteiger partial charge in [0.1, 0.15) is 5.76 Å². The third-order valence-electron chi connectivity index (χ3n) is 2.32. The third kappa shape index (κ3) is 3.15. The zero-order chi connectivity index (χ0) is 12.1. The number of benzene rings is 1. The topological polar surface area (TPSA) is 81.2 Å². The molecular formula is C12H13N3O2. The molecule has 17 heavy (non-hydrogen) atoms. The first-order valence-corrected chi connectivity index (χ1v) is 5.22. The maximum Gasteiger partial charge on any atom is 0.248 e. The van der Waals surface area contributed by atoms with E-state index < -0.39 is 5.91 Å². The van der Waals surface area contributed by atoms with Gasteiger partial charge in [-0.25, -0.2) is 4.98 Å². The fourth-order valence-electron chi connectivity index (χ4n) is 1.49. The molecule has 2 aromatic rings. The number of hydrogen-bond donors (Lipinski definition) is 2. The summed E-state index contributed by atoms with van der Waals surface area (Å²) in [4.78, 5) is 14.8. The first-order valence-electron chi connectivity index (χ1n) is 5.22. The number of primary amides is 1. The number of nitrogens with two attached hydrogens (primary N) is 1. The molecule has 2 rings (SSSR count). The molecule has 0 saturated carbocycles. The van der Waals surface area contributed by atoms with Gasteiger partial charge in [0.05, 0.1) is 12.7 Å². The van der Waals surface area contributed by atoms with E-state index in [1.807, 2.05) is 12.1 Å². The Morgan fingerprint density at radius 2 is 2.29 bits per heavy atom. The van der Waals surface area contributed by atoms with E-state index in [1.165, 1.54) is 6.39 Å². The van der Waals surface area contributed by atoms with Crippen LogP contribution in [0.25, 0.3) is 0 Å². The predicted octanol–water partition coefficient (Wildman–Crippen LogP) is 1.06. The Kier molecular flexibility index (Phi) is 3.52. The van der Waals surface area contributed by atoms with E-state index >= 15 is 0 Å². The van der Waals surface area contributed by atoms with Crippen LogP contribution in [0.15, 0.2) is 41.3 Å². The number of aromatic nitrogens is 1. The Balaban J connectivity index is 1.90. The Labute approximate surface area is 98.6 Å². The minimum atomic E-state index is -0.415. The molecule has 0 bridgehead atoms. The molecule has 0 saturated heterocycles. The summed E-state index contributed by atoms with van der Waals surface area (Å²) in [6.45, 7) is 1.24. The largest absolute Gasteiger partial charge is 0.447 e. The molecule has 3 N–H and O–H groups in total. The Hall–Kier alpha value is -2.14. The molecule has 0 aliphatic heterocycles. The predicted molar refractivity (Wildman–Crippen MR) is 62.0 cm³/mol. The summed E-state index contributed by atoms with van der Waals surface area (Å²) in [6.07, 6.45) is 3.05. The number of carbonyl (C=O) groups excluding carboxylic acids is 1. The van der Waals surface area contributed by atoms with Crippen LogP contribution >= 0.6 is 0 Å².